The third-order valence-electron chi connectivity index (χ3n) is 5.20. The highest BCUT2D eigenvalue weighted by Crippen LogP contribution is 2.47. The largest absolute Gasteiger partial charge is 0.469 e. The van der Waals surface area contributed by atoms with Crippen LogP contribution in [0.4, 0.5) is 0 Å². The van der Waals surface area contributed by atoms with Gasteiger partial charge >= 0.3 is 0 Å². The maximum absolute atomic E-state index is 12.2. The van der Waals surface area contributed by atoms with Crippen molar-refractivity contribution in [2.24, 2.45) is 5.92 Å². The number of hydrogen-bond acceptors (Lipinski definition) is 3. The van der Waals surface area contributed by atoms with Gasteiger partial charge in [0.25, 0.3) is 0 Å². The number of hydrogen-bond donors (Lipinski definition) is 1. The average molecular weight is 324 g/mol. The number of carbonyl (C=O) groups excluding carboxylic acids is 1. The number of benzene rings is 1. The van der Waals surface area contributed by atoms with Crippen LogP contribution in [-0.2, 0) is 17.8 Å². The number of nitrogens with one attached hydrogen (secondary N) is 1. The van der Waals surface area contributed by atoms with E-state index in [1.807, 2.05) is 12.1 Å². The highest BCUT2D eigenvalue weighted by molar-refractivity contribution is 5.82. The van der Waals surface area contributed by atoms with Crippen LogP contribution in [-0.4, -0.2) is 30.4 Å². The van der Waals surface area contributed by atoms with Crippen LogP contribution in [0.5, 0.6) is 0 Å². The molecule has 4 nitrogen and oxygen atoms in total. The molecule has 2 aliphatic rings. The third-order valence-corrected chi connectivity index (χ3v) is 5.20. The maximum atomic E-state index is 12.2. The predicted octanol–water partition coefficient (Wildman–Crippen LogP) is 2.95. The molecule has 0 bridgehead atoms. The summed E-state index contributed by atoms with van der Waals surface area (Å²) in [4.78, 5) is 14.6. The molecule has 4 rings (SSSR count). The van der Waals surface area contributed by atoms with Gasteiger partial charge in [-0.2, -0.15) is 0 Å². The van der Waals surface area contributed by atoms with E-state index in [1.54, 1.807) is 6.26 Å². The van der Waals surface area contributed by atoms with Gasteiger partial charge in [-0.25, -0.2) is 0 Å². The highest BCUT2D eigenvalue weighted by Gasteiger charge is 2.45. The molecule has 1 aliphatic carbocycles. The smallest absolute Gasteiger partial charge is 0.223 e. The minimum atomic E-state index is 0.109. The Hall–Kier alpha value is -2.07. The van der Waals surface area contributed by atoms with Crippen LogP contribution in [0, 0.1) is 5.92 Å². The molecule has 1 fully saturated rings. The van der Waals surface area contributed by atoms with Crippen molar-refractivity contribution in [3.8, 4) is 0 Å². The normalized spacial score (nSPS) is 22.8. The fourth-order valence-corrected chi connectivity index (χ4v) is 3.69. The summed E-state index contributed by atoms with van der Waals surface area (Å²) in [5.74, 6) is 1.53. The summed E-state index contributed by atoms with van der Waals surface area (Å²) in [7, 11) is 0. The van der Waals surface area contributed by atoms with E-state index in [4.69, 9.17) is 4.42 Å². The molecule has 2 aromatic rings. The monoisotopic (exact) mass is 324 g/mol. The van der Waals surface area contributed by atoms with Crippen molar-refractivity contribution in [1.29, 1.82) is 0 Å². The molecule has 1 amide bonds. The van der Waals surface area contributed by atoms with E-state index in [-0.39, 0.29) is 11.8 Å². The molecule has 0 radical (unpaired) electrons. The van der Waals surface area contributed by atoms with Crippen LogP contribution >= 0.6 is 0 Å². The molecule has 1 aromatic carbocycles. The number of fused-ring (bicyclic) bond motifs is 1. The maximum Gasteiger partial charge on any atom is 0.223 e. The number of furan rings is 1. The van der Waals surface area contributed by atoms with Crippen molar-refractivity contribution in [3.05, 3.63) is 59.5 Å². The summed E-state index contributed by atoms with van der Waals surface area (Å²) in [6, 6.07) is 12.6. The van der Waals surface area contributed by atoms with Gasteiger partial charge in [0.1, 0.15) is 5.76 Å². The summed E-state index contributed by atoms with van der Waals surface area (Å²) < 4.78 is 5.38. The van der Waals surface area contributed by atoms with E-state index in [0.717, 1.165) is 51.2 Å². The summed E-state index contributed by atoms with van der Waals surface area (Å²) in [6.07, 6.45) is 4.74. The zero-order chi connectivity index (χ0) is 16.4. The van der Waals surface area contributed by atoms with E-state index >= 15 is 0 Å². The van der Waals surface area contributed by atoms with Crippen LogP contribution in [0.25, 0.3) is 0 Å². The molecule has 0 saturated heterocycles. The Morgan fingerprint density at radius 2 is 2.08 bits per heavy atom. The van der Waals surface area contributed by atoms with Crippen LogP contribution in [0.3, 0.4) is 0 Å². The topological polar surface area (TPSA) is 45.5 Å². The second-order valence-electron chi connectivity index (χ2n) is 6.90. The lowest BCUT2D eigenvalue weighted by Gasteiger charge is -2.28. The first kappa shape index (κ1) is 15.5. The van der Waals surface area contributed by atoms with E-state index in [2.05, 4.69) is 34.5 Å². The quantitative estimate of drug-likeness (QED) is 0.831. The van der Waals surface area contributed by atoms with E-state index in [1.165, 1.54) is 11.1 Å². The molecule has 126 valence electrons. The molecular formula is C20H24N2O2. The van der Waals surface area contributed by atoms with E-state index in [0.29, 0.717) is 5.92 Å². The molecule has 1 aromatic heterocycles. The Morgan fingerprint density at radius 1 is 1.21 bits per heavy atom. The van der Waals surface area contributed by atoms with Crippen molar-refractivity contribution < 1.29 is 9.21 Å². The number of rotatable bonds is 6. The van der Waals surface area contributed by atoms with Crippen LogP contribution in [0.15, 0.2) is 47.1 Å². The molecule has 0 unspecified atom stereocenters. The van der Waals surface area contributed by atoms with Crippen LogP contribution in [0.2, 0.25) is 0 Å². The lowest BCUT2D eigenvalue weighted by molar-refractivity contribution is -0.122. The van der Waals surface area contributed by atoms with Crippen molar-refractivity contribution in [3.63, 3.8) is 0 Å². The van der Waals surface area contributed by atoms with Gasteiger partial charge in [-0.1, -0.05) is 24.3 Å². The summed E-state index contributed by atoms with van der Waals surface area (Å²) in [6.45, 7) is 3.96. The van der Waals surface area contributed by atoms with E-state index in [9.17, 15) is 4.79 Å². The van der Waals surface area contributed by atoms with E-state index < -0.39 is 0 Å². The van der Waals surface area contributed by atoms with Gasteiger partial charge in [0, 0.05) is 38.0 Å². The summed E-state index contributed by atoms with van der Waals surface area (Å²) in [5, 5.41) is 3.09. The Bertz CT molecular complexity index is 695. The highest BCUT2D eigenvalue weighted by atomic mass is 16.3. The zero-order valence-corrected chi connectivity index (χ0v) is 13.9. The van der Waals surface area contributed by atoms with Gasteiger partial charge in [-0.3, -0.25) is 9.69 Å². The molecule has 1 aliphatic heterocycles. The Morgan fingerprint density at radius 3 is 2.92 bits per heavy atom. The third kappa shape index (κ3) is 3.39. The molecular weight excluding hydrogens is 300 g/mol. The van der Waals surface area contributed by atoms with Crippen molar-refractivity contribution in [2.75, 3.05) is 19.6 Å². The average Bonchev–Trinajstić information content (AvgIpc) is 3.23. The first-order chi connectivity index (χ1) is 11.8. The van der Waals surface area contributed by atoms with Crippen molar-refractivity contribution in [1.82, 2.24) is 10.2 Å². The van der Waals surface area contributed by atoms with Gasteiger partial charge in [-0.05, 0) is 42.5 Å². The molecule has 1 saturated carbocycles. The lowest BCUT2D eigenvalue weighted by atomic mass is 10.00. The predicted molar refractivity (Wildman–Crippen MR) is 92.6 cm³/mol. The van der Waals surface area contributed by atoms with Crippen LogP contribution in [0.1, 0.15) is 35.6 Å². The SMILES string of the molecule is O=C(NCCCN1CCc2ccccc2C1)[C@@H]1C[C@H]1c1ccco1. The Labute approximate surface area is 142 Å². The first-order valence-electron chi connectivity index (χ1n) is 8.91. The Kier molecular flexibility index (Phi) is 4.39. The molecule has 24 heavy (non-hydrogen) atoms. The van der Waals surface area contributed by atoms with Gasteiger partial charge in [0.2, 0.25) is 5.91 Å². The summed E-state index contributed by atoms with van der Waals surface area (Å²) >= 11 is 0. The number of carbonyl (C=O) groups is 1. The lowest BCUT2D eigenvalue weighted by Crippen LogP contribution is -2.34. The van der Waals surface area contributed by atoms with Gasteiger partial charge in [0.05, 0.1) is 6.26 Å². The Balaban J connectivity index is 1.16. The second-order valence-corrected chi connectivity index (χ2v) is 6.90. The second kappa shape index (κ2) is 6.81. The standard InChI is InChI=1S/C20H24N2O2/c23-20(18-13-17(18)19-7-3-12-24-19)21-9-4-10-22-11-8-15-5-1-2-6-16(15)14-22/h1-3,5-7,12,17-18H,4,8-11,13-14H2,(H,21,23)/t17-,18-/m1/s1. The van der Waals surface area contributed by atoms with Crippen molar-refractivity contribution in [2.45, 2.75) is 31.7 Å². The van der Waals surface area contributed by atoms with Crippen LogP contribution < -0.4 is 5.32 Å². The molecule has 2 atom stereocenters. The molecule has 1 N–H and O–H groups in total. The fourth-order valence-electron chi connectivity index (χ4n) is 3.69. The molecule has 2 heterocycles. The number of nitrogens with zero attached hydrogens (tertiary/aromatic N) is 1. The number of amides is 1. The molecule has 4 heteroatoms. The minimum absolute atomic E-state index is 0.109. The summed E-state index contributed by atoms with van der Waals surface area (Å²) in [5.41, 5.74) is 2.94. The zero-order valence-electron chi connectivity index (χ0n) is 13.9. The minimum Gasteiger partial charge on any atom is -0.469 e. The van der Waals surface area contributed by atoms with Gasteiger partial charge in [-0.15, -0.1) is 0 Å². The fraction of sp³-hybridized carbons (Fsp3) is 0.450. The first-order valence-corrected chi connectivity index (χ1v) is 8.91. The van der Waals surface area contributed by atoms with Crippen molar-refractivity contribution >= 4 is 5.91 Å². The molecule has 0 spiro atoms. The van der Waals surface area contributed by atoms with Gasteiger partial charge in [0.15, 0.2) is 0 Å². The van der Waals surface area contributed by atoms with Gasteiger partial charge < -0.3 is 9.73 Å².